The number of nitrogens with zero attached hydrogens (tertiary/aromatic N) is 1. The maximum atomic E-state index is 12.4. The van der Waals surface area contributed by atoms with Gasteiger partial charge in [-0.05, 0) is 0 Å². The predicted octanol–water partition coefficient (Wildman–Crippen LogP) is 2.12. The van der Waals surface area contributed by atoms with Crippen molar-refractivity contribution < 1.29 is 22.6 Å². The normalized spacial score (nSPS) is 11.2. The summed E-state index contributed by atoms with van der Waals surface area (Å²) in [5.74, 6) is -0.420. The fraction of sp³-hybridized carbons (Fsp3) is 0.375. The maximum Gasteiger partial charge on any atom is 0.420 e. The molecular formula is C8H8F3NO2. The molecule has 0 N–H and O–H groups in total. The molecule has 0 bridgehead atoms. The van der Waals surface area contributed by atoms with Crippen LogP contribution in [0.2, 0.25) is 0 Å². The van der Waals surface area contributed by atoms with Gasteiger partial charge in [-0.3, -0.25) is 0 Å². The van der Waals surface area contributed by atoms with Crippen molar-refractivity contribution in [3.05, 3.63) is 17.8 Å². The molecule has 0 aliphatic heterocycles. The minimum absolute atomic E-state index is 0.0990. The van der Waals surface area contributed by atoms with E-state index in [1.807, 2.05) is 0 Å². The molecule has 78 valence electrons. The molecule has 0 saturated carbocycles. The highest BCUT2D eigenvalue weighted by Crippen LogP contribution is 2.37. The number of hydrogen-bond acceptors (Lipinski definition) is 3. The van der Waals surface area contributed by atoms with Crippen LogP contribution < -0.4 is 9.47 Å². The second-order valence-corrected chi connectivity index (χ2v) is 2.42. The van der Waals surface area contributed by atoms with Gasteiger partial charge in [0, 0.05) is 6.07 Å². The molecule has 0 aromatic carbocycles. The highest BCUT2D eigenvalue weighted by atomic mass is 19.4. The molecule has 0 unspecified atom stereocenters. The molecule has 0 atom stereocenters. The van der Waals surface area contributed by atoms with Crippen molar-refractivity contribution in [2.24, 2.45) is 0 Å². The lowest BCUT2D eigenvalue weighted by Gasteiger charge is -2.11. The van der Waals surface area contributed by atoms with Gasteiger partial charge in [-0.2, -0.15) is 13.2 Å². The number of aromatic nitrogens is 1. The first-order valence-corrected chi connectivity index (χ1v) is 3.64. The Morgan fingerprint density at radius 1 is 1.21 bits per heavy atom. The van der Waals surface area contributed by atoms with E-state index in [2.05, 4.69) is 14.5 Å². The summed E-state index contributed by atoms with van der Waals surface area (Å²) in [6.07, 6.45) is -3.50. The van der Waals surface area contributed by atoms with Crippen LogP contribution in [0.5, 0.6) is 11.6 Å². The van der Waals surface area contributed by atoms with Gasteiger partial charge in [-0.1, -0.05) is 0 Å². The van der Waals surface area contributed by atoms with Crippen LogP contribution in [0.4, 0.5) is 13.2 Å². The molecule has 0 aliphatic rings. The Hall–Kier alpha value is -1.46. The molecule has 0 saturated heterocycles. The van der Waals surface area contributed by atoms with Gasteiger partial charge in [-0.15, -0.1) is 0 Å². The number of rotatable bonds is 2. The zero-order valence-electron chi connectivity index (χ0n) is 7.55. The van der Waals surface area contributed by atoms with Gasteiger partial charge in [0.25, 0.3) is 0 Å². The van der Waals surface area contributed by atoms with Crippen LogP contribution in [0.15, 0.2) is 12.3 Å². The third-order valence-corrected chi connectivity index (χ3v) is 1.58. The van der Waals surface area contributed by atoms with E-state index >= 15 is 0 Å². The van der Waals surface area contributed by atoms with Crippen LogP contribution in [0.1, 0.15) is 5.56 Å². The second kappa shape index (κ2) is 3.73. The summed E-state index contributed by atoms with van der Waals surface area (Å²) < 4.78 is 46.3. The van der Waals surface area contributed by atoms with Crippen molar-refractivity contribution in [1.82, 2.24) is 4.98 Å². The summed E-state index contributed by atoms with van der Waals surface area (Å²) in [5, 5.41) is 0. The molecule has 0 radical (unpaired) electrons. The predicted molar refractivity (Wildman–Crippen MR) is 42.3 cm³/mol. The highest BCUT2D eigenvalue weighted by molar-refractivity contribution is 5.36. The molecule has 1 aromatic rings. The molecule has 0 fully saturated rings. The summed E-state index contributed by atoms with van der Waals surface area (Å²) >= 11 is 0. The summed E-state index contributed by atoms with van der Waals surface area (Å²) in [4.78, 5) is 3.59. The van der Waals surface area contributed by atoms with E-state index in [1.54, 1.807) is 0 Å². The van der Waals surface area contributed by atoms with Crippen LogP contribution in [0.25, 0.3) is 0 Å². The summed E-state index contributed by atoms with van der Waals surface area (Å²) in [5.41, 5.74) is -0.896. The molecule has 14 heavy (non-hydrogen) atoms. The summed E-state index contributed by atoms with van der Waals surface area (Å²) in [7, 11) is 2.40. The van der Waals surface area contributed by atoms with E-state index in [4.69, 9.17) is 0 Å². The van der Waals surface area contributed by atoms with E-state index in [-0.39, 0.29) is 11.6 Å². The standard InChI is InChI=1S/C8H8F3NO2/c1-13-6-4-12-7(14-2)3-5(6)8(9,10)11/h3-4H,1-2H3. The van der Waals surface area contributed by atoms with Crippen LogP contribution in [0.3, 0.4) is 0 Å². The molecule has 0 spiro atoms. The molecule has 1 aromatic heterocycles. The Labute approximate surface area is 78.5 Å². The number of methoxy groups -OCH3 is 2. The lowest BCUT2D eigenvalue weighted by Crippen LogP contribution is -2.08. The van der Waals surface area contributed by atoms with E-state index in [0.29, 0.717) is 0 Å². The van der Waals surface area contributed by atoms with Gasteiger partial charge < -0.3 is 9.47 Å². The lowest BCUT2D eigenvalue weighted by molar-refractivity contribution is -0.138. The van der Waals surface area contributed by atoms with Crippen LogP contribution in [-0.4, -0.2) is 19.2 Å². The maximum absolute atomic E-state index is 12.4. The lowest BCUT2D eigenvalue weighted by atomic mass is 10.2. The largest absolute Gasteiger partial charge is 0.494 e. The Balaban J connectivity index is 3.22. The van der Waals surface area contributed by atoms with Crippen LogP contribution in [0, 0.1) is 0 Å². The molecule has 0 amide bonds. The number of halogens is 3. The summed E-state index contributed by atoms with van der Waals surface area (Å²) in [6.45, 7) is 0. The van der Waals surface area contributed by atoms with E-state index in [9.17, 15) is 13.2 Å². The number of ether oxygens (including phenoxy) is 2. The SMILES string of the molecule is COc1cc(C(F)(F)F)c(OC)cn1. The van der Waals surface area contributed by atoms with E-state index in [0.717, 1.165) is 19.4 Å². The Morgan fingerprint density at radius 2 is 1.86 bits per heavy atom. The Bertz CT molecular complexity index is 325. The molecule has 6 heteroatoms. The Morgan fingerprint density at radius 3 is 2.29 bits per heavy atom. The van der Waals surface area contributed by atoms with E-state index in [1.165, 1.54) is 7.11 Å². The molecule has 1 rings (SSSR count). The van der Waals surface area contributed by atoms with Crippen molar-refractivity contribution in [1.29, 1.82) is 0 Å². The topological polar surface area (TPSA) is 31.4 Å². The van der Waals surface area contributed by atoms with Crippen LogP contribution in [-0.2, 0) is 6.18 Å². The van der Waals surface area contributed by atoms with Gasteiger partial charge in [-0.25, -0.2) is 4.98 Å². The second-order valence-electron chi connectivity index (χ2n) is 2.42. The monoisotopic (exact) mass is 207 g/mol. The van der Waals surface area contributed by atoms with Gasteiger partial charge in [0.05, 0.1) is 20.4 Å². The fourth-order valence-electron chi connectivity index (χ4n) is 0.919. The highest BCUT2D eigenvalue weighted by Gasteiger charge is 2.35. The minimum Gasteiger partial charge on any atom is -0.494 e. The van der Waals surface area contributed by atoms with Gasteiger partial charge in [0.15, 0.2) is 0 Å². The smallest absolute Gasteiger partial charge is 0.420 e. The first kappa shape index (κ1) is 10.6. The molecule has 0 aliphatic carbocycles. The molecular weight excluding hydrogens is 199 g/mol. The van der Waals surface area contributed by atoms with Crippen molar-refractivity contribution in [3.8, 4) is 11.6 Å². The molecule has 1 heterocycles. The third kappa shape index (κ3) is 2.07. The minimum atomic E-state index is -4.47. The Kier molecular flexibility index (Phi) is 2.83. The van der Waals surface area contributed by atoms with Crippen LogP contribution >= 0.6 is 0 Å². The zero-order valence-corrected chi connectivity index (χ0v) is 7.55. The summed E-state index contributed by atoms with van der Waals surface area (Å²) in [6, 6.07) is 0.791. The van der Waals surface area contributed by atoms with E-state index < -0.39 is 11.7 Å². The fourth-order valence-corrected chi connectivity index (χ4v) is 0.919. The van der Waals surface area contributed by atoms with Crippen molar-refractivity contribution in [2.45, 2.75) is 6.18 Å². The van der Waals surface area contributed by atoms with Crippen molar-refractivity contribution in [2.75, 3.05) is 14.2 Å². The van der Waals surface area contributed by atoms with Gasteiger partial charge >= 0.3 is 6.18 Å². The van der Waals surface area contributed by atoms with Gasteiger partial charge in [0.1, 0.15) is 11.3 Å². The quantitative estimate of drug-likeness (QED) is 0.744. The first-order chi connectivity index (χ1) is 6.49. The van der Waals surface area contributed by atoms with Crippen molar-refractivity contribution in [3.63, 3.8) is 0 Å². The number of pyridine rings is 1. The first-order valence-electron chi connectivity index (χ1n) is 3.64. The number of hydrogen-bond donors (Lipinski definition) is 0. The van der Waals surface area contributed by atoms with Gasteiger partial charge in [0.2, 0.25) is 5.88 Å². The zero-order chi connectivity index (χ0) is 10.8. The number of alkyl halides is 3. The van der Waals surface area contributed by atoms with Crippen molar-refractivity contribution >= 4 is 0 Å². The average molecular weight is 207 g/mol. The average Bonchev–Trinajstić information content (AvgIpc) is 2.15. The third-order valence-electron chi connectivity index (χ3n) is 1.58. The molecule has 3 nitrogen and oxygen atoms in total.